The van der Waals surface area contributed by atoms with Gasteiger partial charge in [0.1, 0.15) is 36.1 Å². The summed E-state index contributed by atoms with van der Waals surface area (Å²) in [5.74, 6) is -7.11. The molecule has 1 amide bonds. The monoisotopic (exact) mass is 961 g/mol. The number of nitrogens with one attached hydrogen (secondary N) is 1. The smallest absolute Gasteiger partial charge is 0.427 e. The maximum Gasteiger partial charge on any atom is 0.427 e. The Bertz CT molecular complexity index is 2300. The summed E-state index contributed by atoms with van der Waals surface area (Å²) >= 11 is 0. The maximum absolute atomic E-state index is 15.1. The molecule has 3 aliphatic carbocycles. The second kappa shape index (κ2) is 18.8. The first-order chi connectivity index (χ1) is 31.5. The number of ketones is 1. The average Bonchev–Trinajstić information content (AvgIpc) is 3.25. The summed E-state index contributed by atoms with van der Waals surface area (Å²) in [6, 6.07) is 12.9. The van der Waals surface area contributed by atoms with Crippen molar-refractivity contribution in [2.75, 3.05) is 6.61 Å². The van der Waals surface area contributed by atoms with E-state index in [1.807, 2.05) is 0 Å². The van der Waals surface area contributed by atoms with Crippen molar-refractivity contribution < 1.29 is 90.8 Å². The number of alkyl carbamates (subject to hydrolysis) is 1. The van der Waals surface area contributed by atoms with Gasteiger partial charge in [-0.05, 0) is 69.9 Å². The van der Waals surface area contributed by atoms with E-state index in [4.69, 9.17) is 28.4 Å². The largest absolute Gasteiger partial charge is 0.455 e. The molecule has 17 nitrogen and oxygen atoms in total. The fraction of sp³-hybridized carbons (Fsp3) is 0.583. The van der Waals surface area contributed by atoms with Crippen LogP contribution in [-0.2, 0) is 47.6 Å². The van der Waals surface area contributed by atoms with Crippen LogP contribution >= 0.6 is 0 Å². The highest BCUT2D eigenvalue weighted by Gasteiger charge is 2.78. The van der Waals surface area contributed by atoms with E-state index in [2.05, 4.69) is 5.32 Å². The number of halogens is 3. The van der Waals surface area contributed by atoms with Crippen LogP contribution in [-0.4, -0.2) is 128 Å². The third-order valence-electron chi connectivity index (χ3n) is 14.2. The third kappa shape index (κ3) is 9.24. The van der Waals surface area contributed by atoms with Gasteiger partial charge < -0.3 is 54.2 Å². The van der Waals surface area contributed by atoms with Gasteiger partial charge in [0.15, 0.2) is 11.4 Å². The molecular weight excluding hydrogens is 904 g/mol. The molecule has 4 aliphatic rings. The molecule has 1 heterocycles. The Kier molecular flexibility index (Phi) is 14.4. The van der Waals surface area contributed by atoms with Crippen LogP contribution in [0.25, 0.3) is 0 Å². The van der Waals surface area contributed by atoms with Crippen molar-refractivity contribution in [3.63, 3.8) is 0 Å². The topological polar surface area (TPSA) is 251 Å². The Morgan fingerprint density at radius 3 is 2.10 bits per heavy atom. The first-order valence-corrected chi connectivity index (χ1v) is 22.1. The van der Waals surface area contributed by atoms with Crippen LogP contribution in [0.2, 0.25) is 0 Å². The number of aliphatic hydroxyl groups is 4. The number of hydrogen-bond donors (Lipinski definition) is 5. The number of fused-ring (bicyclic) bond motifs is 5. The zero-order valence-corrected chi connectivity index (χ0v) is 38.8. The lowest BCUT2D eigenvalue weighted by Gasteiger charge is -2.67. The quantitative estimate of drug-likeness (QED) is 0.105. The van der Waals surface area contributed by atoms with Crippen LogP contribution in [0.3, 0.4) is 0 Å². The van der Waals surface area contributed by atoms with E-state index in [-0.39, 0.29) is 41.7 Å². The lowest BCUT2D eigenvalue weighted by Crippen LogP contribution is -2.81. The van der Waals surface area contributed by atoms with E-state index in [1.54, 1.807) is 24.3 Å². The van der Waals surface area contributed by atoms with Crippen molar-refractivity contribution in [1.29, 1.82) is 0 Å². The fourth-order valence-electron chi connectivity index (χ4n) is 10.2. The number of amides is 1. The van der Waals surface area contributed by atoms with Gasteiger partial charge in [-0.3, -0.25) is 14.4 Å². The van der Waals surface area contributed by atoms with E-state index in [1.165, 1.54) is 71.0 Å². The standard InChI is InChI=1S/C48H58F3NO16/c1-24(53)19-20-32(56)65-36(34(27-15-11-9-12-16-27)52-42(61)68-44(6,7)48(49,50)51)41(60)64-29-22-47(62)39(66-40(59)28-17-13-10-14-18-28)37-45(8,38(58)35(57)33(25(29)2)43(47,4)5)30(55)21-31-46(37,23-63-31)67-26(3)54/h9-18,24,29-31,34-37,39,53,55,57,62H,19-23H2,1-8H3,(H,52,61)/t24?,29-,30-,31+,34-,35+,36+,37-,39-,45+,46-,47+/m0/s1. The molecular formula is C48H58F3NO16. The number of esters is 4. The third-order valence-corrected chi connectivity index (χ3v) is 14.2. The van der Waals surface area contributed by atoms with Crippen molar-refractivity contribution in [2.45, 2.75) is 153 Å². The van der Waals surface area contributed by atoms with Gasteiger partial charge in [0.2, 0.25) is 11.7 Å². The van der Waals surface area contributed by atoms with Gasteiger partial charge in [-0.1, -0.05) is 62.4 Å². The van der Waals surface area contributed by atoms with Gasteiger partial charge in [-0.25, -0.2) is 14.4 Å². The Morgan fingerprint density at radius 2 is 1.56 bits per heavy atom. The van der Waals surface area contributed by atoms with Crippen LogP contribution in [0.4, 0.5) is 18.0 Å². The summed E-state index contributed by atoms with van der Waals surface area (Å²) < 4.78 is 76.3. The van der Waals surface area contributed by atoms with Crippen LogP contribution in [0, 0.1) is 16.7 Å². The van der Waals surface area contributed by atoms with Gasteiger partial charge >= 0.3 is 36.1 Å². The molecule has 6 rings (SSSR count). The zero-order valence-electron chi connectivity index (χ0n) is 38.8. The molecule has 372 valence electrons. The number of alkyl halides is 3. The first kappa shape index (κ1) is 52.0. The number of hydrogen-bond acceptors (Lipinski definition) is 16. The molecule has 2 bridgehead atoms. The van der Waals surface area contributed by atoms with Crippen LogP contribution < -0.4 is 5.32 Å². The Labute approximate surface area is 390 Å². The van der Waals surface area contributed by atoms with Crippen molar-refractivity contribution in [3.8, 4) is 0 Å². The molecule has 0 aromatic heterocycles. The SMILES string of the molecule is CC(=O)O[C@@]12CO[C@@H]1C[C@H](O)[C@@]1(C)C(=O)[C@H](O)C3=C(C)[C@@H](OC(=O)[C@H](OC(=O)CCC(C)O)[C@@H](NC(=O)OC(C)(C)C(F)(F)F)c4ccccc4)C[C@@](O)([C@@H](OC(=O)c4ccccc4)[C@H]21)C3(C)C. The molecule has 2 aromatic rings. The number of carbonyl (C=O) groups is 6. The summed E-state index contributed by atoms with van der Waals surface area (Å²) in [5, 5.41) is 50.0. The minimum atomic E-state index is -5.05. The highest BCUT2D eigenvalue weighted by atomic mass is 19.4. The molecule has 2 saturated carbocycles. The lowest BCUT2D eigenvalue weighted by atomic mass is 9.44. The summed E-state index contributed by atoms with van der Waals surface area (Å²) in [6.45, 7) is 8.88. The Hall–Kier alpha value is -5.41. The second-order valence-corrected chi connectivity index (χ2v) is 19.3. The number of carbonyl (C=O) groups excluding carboxylic acids is 6. The minimum absolute atomic E-state index is 0.00841. The number of aliphatic hydroxyl groups excluding tert-OH is 3. The van der Waals surface area contributed by atoms with E-state index in [0.717, 1.165) is 6.92 Å². The summed E-state index contributed by atoms with van der Waals surface area (Å²) in [5.41, 5.74) is -11.6. The van der Waals surface area contributed by atoms with Gasteiger partial charge in [0.25, 0.3) is 0 Å². The minimum Gasteiger partial charge on any atom is -0.455 e. The van der Waals surface area contributed by atoms with E-state index in [9.17, 15) is 57.6 Å². The average molecular weight is 962 g/mol. The van der Waals surface area contributed by atoms with E-state index in [0.29, 0.717) is 13.8 Å². The fourth-order valence-corrected chi connectivity index (χ4v) is 10.2. The van der Waals surface area contributed by atoms with Crippen molar-refractivity contribution in [2.24, 2.45) is 16.7 Å². The van der Waals surface area contributed by atoms with Gasteiger partial charge in [-0.15, -0.1) is 0 Å². The number of Topliss-reactive ketones (excluding diaryl/α,β-unsaturated/α-hetero) is 1. The van der Waals surface area contributed by atoms with Gasteiger partial charge in [-0.2, -0.15) is 13.2 Å². The molecule has 2 aromatic carbocycles. The number of rotatable bonds is 13. The highest BCUT2D eigenvalue weighted by molar-refractivity contribution is 5.94. The molecule has 5 N–H and O–H groups in total. The molecule has 12 atom stereocenters. The van der Waals surface area contributed by atoms with Crippen molar-refractivity contribution >= 4 is 35.8 Å². The lowest BCUT2D eigenvalue weighted by molar-refractivity contribution is -0.346. The number of benzene rings is 2. The van der Waals surface area contributed by atoms with Crippen molar-refractivity contribution in [3.05, 3.63) is 82.9 Å². The van der Waals surface area contributed by atoms with Gasteiger partial charge in [0.05, 0.1) is 35.7 Å². The Balaban J connectivity index is 1.52. The number of ether oxygens (including phenoxy) is 6. The highest BCUT2D eigenvalue weighted by Crippen LogP contribution is 2.64. The van der Waals surface area contributed by atoms with Gasteiger partial charge in [0, 0.05) is 31.6 Å². The molecule has 1 unspecified atom stereocenters. The molecule has 3 fully saturated rings. The maximum atomic E-state index is 15.1. The molecule has 20 heteroatoms. The van der Waals surface area contributed by atoms with E-state index < -0.39 is 137 Å². The van der Waals surface area contributed by atoms with E-state index >= 15 is 4.79 Å². The summed E-state index contributed by atoms with van der Waals surface area (Å²) in [7, 11) is 0. The molecule has 1 aliphatic heterocycles. The molecule has 1 saturated heterocycles. The molecule has 0 radical (unpaired) electrons. The van der Waals surface area contributed by atoms with Crippen LogP contribution in [0.15, 0.2) is 71.8 Å². The summed E-state index contributed by atoms with van der Waals surface area (Å²) in [4.78, 5) is 84.0. The second-order valence-electron chi connectivity index (χ2n) is 19.3. The Morgan fingerprint density at radius 1 is 0.956 bits per heavy atom. The van der Waals surface area contributed by atoms with Crippen LogP contribution in [0.5, 0.6) is 0 Å². The predicted octanol–water partition coefficient (Wildman–Crippen LogP) is 4.51. The zero-order chi connectivity index (χ0) is 50.5. The predicted molar refractivity (Wildman–Crippen MR) is 229 cm³/mol. The normalized spacial score (nSPS) is 31.1. The van der Waals surface area contributed by atoms with Crippen LogP contribution in [0.1, 0.15) is 103 Å². The summed E-state index contributed by atoms with van der Waals surface area (Å²) in [6.07, 6.45) is -20.2. The van der Waals surface area contributed by atoms with Crippen molar-refractivity contribution in [1.82, 2.24) is 5.32 Å². The first-order valence-electron chi connectivity index (χ1n) is 22.1. The molecule has 0 spiro atoms. The molecule has 68 heavy (non-hydrogen) atoms.